The Morgan fingerprint density at radius 3 is 2.28 bits per heavy atom. The minimum Gasteiger partial charge on any atom is -0.480 e. The first-order valence-corrected chi connectivity index (χ1v) is 6.34. The van der Waals surface area contributed by atoms with E-state index in [0.717, 1.165) is 25.7 Å². The van der Waals surface area contributed by atoms with E-state index in [4.69, 9.17) is 9.47 Å². The van der Waals surface area contributed by atoms with E-state index in [-0.39, 0.29) is 12.0 Å². The fourth-order valence-electron chi connectivity index (χ4n) is 2.69. The molecule has 18 heavy (non-hydrogen) atoms. The van der Waals surface area contributed by atoms with Crippen LogP contribution in [0.5, 0.6) is 0 Å². The fourth-order valence-corrected chi connectivity index (χ4v) is 2.69. The molecular formula is C12H24N2O4. The molecule has 0 saturated heterocycles. The molecular weight excluding hydrogens is 236 g/mol. The summed E-state index contributed by atoms with van der Waals surface area (Å²) in [7, 11) is 4.95. The number of carbonyl (C=O) groups is 1. The molecule has 2 unspecified atom stereocenters. The van der Waals surface area contributed by atoms with Crippen molar-refractivity contribution >= 4 is 5.97 Å². The van der Waals surface area contributed by atoms with Crippen molar-refractivity contribution in [3.8, 4) is 0 Å². The zero-order valence-corrected chi connectivity index (χ0v) is 11.3. The smallest absolute Gasteiger partial charge is 0.324 e. The SMILES string of the molecule is CNNC(C(=O)O)C(OC)C1CCC(OC)CC1. The van der Waals surface area contributed by atoms with Gasteiger partial charge in [-0.3, -0.25) is 10.2 Å². The highest BCUT2D eigenvalue weighted by molar-refractivity contribution is 5.74. The second kappa shape index (κ2) is 7.68. The van der Waals surface area contributed by atoms with Crippen LogP contribution in [-0.2, 0) is 14.3 Å². The van der Waals surface area contributed by atoms with Gasteiger partial charge >= 0.3 is 5.97 Å². The molecule has 0 spiro atoms. The van der Waals surface area contributed by atoms with Crippen LogP contribution in [0.25, 0.3) is 0 Å². The molecule has 1 saturated carbocycles. The molecule has 0 aromatic carbocycles. The molecule has 1 aliphatic rings. The van der Waals surface area contributed by atoms with Gasteiger partial charge in [-0.05, 0) is 38.6 Å². The molecule has 1 fully saturated rings. The molecule has 0 aromatic rings. The van der Waals surface area contributed by atoms with Crippen LogP contribution in [0.2, 0.25) is 0 Å². The molecule has 0 aliphatic heterocycles. The number of hydrogen-bond donors (Lipinski definition) is 3. The van der Waals surface area contributed by atoms with Crippen LogP contribution in [0.1, 0.15) is 25.7 Å². The van der Waals surface area contributed by atoms with Crippen LogP contribution >= 0.6 is 0 Å². The fraction of sp³-hybridized carbons (Fsp3) is 0.917. The molecule has 2 atom stereocenters. The van der Waals surface area contributed by atoms with Crippen LogP contribution in [0.4, 0.5) is 0 Å². The van der Waals surface area contributed by atoms with Crippen molar-refractivity contribution in [3.05, 3.63) is 0 Å². The third-order valence-corrected chi connectivity index (χ3v) is 3.68. The van der Waals surface area contributed by atoms with Crippen LogP contribution in [0, 0.1) is 5.92 Å². The molecule has 0 amide bonds. The highest BCUT2D eigenvalue weighted by Gasteiger charge is 2.36. The first kappa shape index (κ1) is 15.4. The summed E-state index contributed by atoms with van der Waals surface area (Å²) in [6.45, 7) is 0. The average molecular weight is 260 g/mol. The number of hydrogen-bond acceptors (Lipinski definition) is 5. The normalized spacial score (nSPS) is 27.7. The lowest BCUT2D eigenvalue weighted by Gasteiger charge is -2.35. The third kappa shape index (κ3) is 3.91. The minimum atomic E-state index is -0.898. The van der Waals surface area contributed by atoms with Gasteiger partial charge in [-0.25, -0.2) is 5.43 Å². The van der Waals surface area contributed by atoms with E-state index in [0.29, 0.717) is 6.10 Å². The monoisotopic (exact) mass is 260 g/mol. The van der Waals surface area contributed by atoms with Gasteiger partial charge < -0.3 is 14.6 Å². The Labute approximate surface area is 108 Å². The van der Waals surface area contributed by atoms with Gasteiger partial charge in [-0.2, -0.15) is 0 Å². The number of methoxy groups -OCH3 is 2. The van der Waals surface area contributed by atoms with Crippen molar-refractivity contribution in [1.29, 1.82) is 0 Å². The van der Waals surface area contributed by atoms with Gasteiger partial charge in [0.15, 0.2) is 0 Å². The molecule has 6 heteroatoms. The molecule has 0 bridgehead atoms. The summed E-state index contributed by atoms with van der Waals surface area (Å²) in [5, 5.41) is 9.23. The van der Waals surface area contributed by atoms with E-state index in [1.807, 2.05) is 0 Å². The second-order valence-electron chi connectivity index (χ2n) is 4.68. The predicted molar refractivity (Wildman–Crippen MR) is 67.2 cm³/mol. The van der Waals surface area contributed by atoms with Crippen LogP contribution in [0.15, 0.2) is 0 Å². The Morgan fingerprint density at radius 1 is 1.28 bits per heavy atom. The summed E-state index contributed by atoms with van der Waals surface area (Å²) in [6.07, 6.45) is 3.78. The lowest BCUT2D eigenvalue weighted by molar-refractivity contribution is -0.145. The van der Waals surface area contributed by atoms with Gasteiger partial charge in [0.2, 0.25) is 0 Å². The summed E-state index contributed by atoms with van der Waals surface area (Å²) in [5.74, 6) is -0.645. The lowest BCUT2D eigenvalue weighted by Crippen LogP contribution is -2.54. The Hall–Kier alpha value is -0.690. The van der Waals surface area contributed by atoms with Crippen molar-refractivity contribution < 1.29 is 19.4 Å². The standard InChI is InChI=1S/C12H24N2O4/c1-13-14-10(12(15)16)11(18-3)8-4-6-9(17-2)7-5-8/h8-11,13-14H,4-7H2,1-3H3,(H,15,16). The van der Waals surface area contributed by atoms with Crippen molar-refractivity contribution in [2.45, 2.75) is 43.9 Å². The van der Waals surface area contributed by atoms with Gasteiger partial charge in [0, 0.05) is 14.2 Å². The maximum atomic E-state index is 11.2. The van der Waals surface area contributed by atoms with Gasteiger partial charge in [-0.15, -0.1) is 0 Å². The number of hydrazine groups is 1. The first-order valence-electron chi connectivity index (χ1n) is 6.34. The number of carboxylic acids is 1. The largest absolute Gasteiger partial charge is 0.480 e. The quantitative estimate of drug-likeness (QED) is 0.574. The first-order chi connectivity index (χ1) is 8.63. The minimum absolute atomic E-state index is 0.253. The van der Waals surface area contributed by atoms with Crippen molar-refractivity contribution in [2.24, 2.45) is 5.92 Å². The number of carboxylic acid groups (broad SMARTS) is 1. The van der Waals surface area contributed by atoms with Gasteiger partial charge in [0.25, 0.3) is 0 Å². The van der Waals surface area contributed by atoms with Crippen LogP contribution in [-0.4, -0.2) is 50.6 Å². The van der Waals surface area contributed by atoms with E-state index in [1.54, 1.807) is 21.3 Å². The molecule has 1 rings (SSSR count). The summed E-state index contributed by atoms with van der Waals surface area (Å²) in [6, 6.07) is -0.732. The maximum Gasteiger partial charge on any atom is 0.324 e. The third-order valence-electron chi connectivity index (χ3n) is 3.68. The number of nitrogens with one attached hydrogen (secondary N) is 2. The predicted octanol–water partition coefficient (Wildman–Crippen LogP) is 0.384. The van der Waals surface area contributed by atoms with E-state index in [1.165, 1.54) is 0 Å². The molecule has 0 aromatic heterocycles. The van der Waals surface area contributed by atoms with E-state index in [9.17, 15) is 9.90 Å². The van der Waals surface area contributed by atoms with Crippen molar-refractivity contribution in [3.63, 3.8) is 0 Å². The second-order valence-corrected chi connectivity index (χ2v) is 4.68. The zero-order valence-electron chi connectivity index (χ0n) is 11.3. The Balaban J connectivity index is 2.61. The topological polar surface area (TPSA) is 79.8 Å². The number of rotatable bonds is 7. The van der Waals surface area contributed by atoms with Gasteiger partial charge in [-0.1, -0.05) is 0 Å². The van der Waals surface area contributed by atoms with Crippen LogP contribution < -0.4 is 10.9 Å². The number of aliphatic carboxylic acids is 1. The molecule has 6 nitrogen and oxygen atoms in total. The highest BCUT2D eigenvalue weighted by atomic mass is 16.5. The zero-order chi connectivity index (χ0) is 13.5. The van der Waals surface area contributed by atoms with Crippen LogP contribution in [0.3, 0.4) is 0 Å². The molecule has 3 N–H and O–H groups in total. The maximum absolute atomic E-state index is 11.2. The summed E-state index contributed by atoms with van der Waals surface area (Å²) >= 11 is 0. The summed E-state index contributed by atoms with van der Waals surface area (Å²) in [4.78, 5) is 11.2. The number of ether oxygens (including phenoxy) is 2. The molecule has 0 radical (unpaired) electrons. The molecule has 0 heterocycles. The van der Waals surface area contributed by atoms with Gasteiger partial charge in [0.05, 0.1) is 12.2 Å². The van der Waals surface area contributed by atoms with E-state index in [2.05, 4.69) is 10.9 Å². The summed E-state index contributed by atoms with van der Waals surface area (Å²) in [5.41, 5.74) is 5.44. The average Bonchev–Trinajstić information content (AvgIpc) is 2.39. The molecule has 106 valence electrons. The Kier molecular flexibility index (Phi) is 6.56. The van der Waals surface area contributed by atoms with E-state index >= 15 is 0 Å². The van der Waals surface area contributed by atoms with Crippen molar-refractivity contribution in [1.82, 2.24) is 10.9 Å². The van der Waals surface area contributed by atoms with Gasteiger partial charge in [0.1, 0.15) is 6.04 Å². The van der Waals surface area contributed by atoms with Crippen molar-refractivity contribution in [2.75, 3.05) is 21.3 Å². The highest BCUT2D eigenvalue weighted by Crippen LogP contribution is 2.30. The Morgan fingerprint density at radius 2 is 1.89 bits per heavy atom. The summed E-state index contributed by atoms with van der Waals surface area (Å²) < 4.78 is 10.7. The molecule has 1 aliphatic carbocycles. The lowest BCUT2D eigenvalue weighted by atomic mass is 9.81. The van der Waals surface area contributed by atoms with E-state index < -0.39 is 12.0 Å². The Bertz CT molecular complexity index is 254.